The summed E-state index contributed by atoms with van der Waals surface area (Å²) in [4.78, 5) is 33.7. The number of anilines is 1. The lowest BCUT2D eigenvalue weighted by Crippen LogP contribution is -2.37. The number of H-pyrrole nitrogens is 1. The Morgan fingerprint density at radius 3 is 2.67 bits per heavy atom. The van der Waals surface area contributed by atoms with Gasteiger partial charge in [-0.2, -0.15) is 13.2 Å². The van der Waals surface area contributed by atoms with Gasteiger partial charge in [-0.25, -0.2) is 4.98 Å². The Balaban J connectivity index is 1.47. The van der Waals surface area contributed by atoms with E-state index >= 15 is 0 Å². The average molecular weight is 477 g/mol. The molecule has 0 aliphatic carbocycles. The van der Waals surface area contributed by atoms with Gasteiger partial charge in [-0.15, -0.1) is 11.8 Å². The third kappa shape index (κ3) is 5.32. The summed E-state index contributed by atoms with van der Waals surface area (Å²) in [6.07, 6.45) is -3.95. The van der Waals surface area contributed by atoms with Crippen molar-refractivity contribution < 1.29 is 22.8 Å². The summed E-state index contributed by atoms with van der Waals surface area (Å²) < 4.78 is 38.8. The molecule has 0 spiro atoms. The molecule has 2 heterocycles. The fourth-order valence-electron chi connectivity index (χ4n) is 3.73. The number of alkyl halides is 3. The van der Waals surface area contributed by atoms with Crippen molar-refractivity contribution >= 4 is 40.3 Å². The molecule has 0 saturated heterocycles. The standard InChI is InChI=1S/C23H23F3N4O2S/c1-12(2)9-17(21-28-14-5-3-4-6-15(14)29-21)27-20(31)11-19-22(32)30-16-10-13(23(24,25)26)7-8-18(16)33-19/h3-8,10,12,17,19H,9,11H2,1-2H3,(H,27,31)(H,28,29)(H,30,32). The molecule has 0 radical (unpaired) electrons. The van der Waals surface area contributed by atoms with Crippen molar-refractivity contribution in [3.05, 3.63) is 53.9 Å². The van der Waals surface area contributed by atoms with Gasteiger partial charge in [-0.05, 0) is 42.7 Å². The molecular weight excluding hydrogens is 453 g/mol. The number of carbonyl (C=O) groups is 2. The zero-order valence-corrected chi connectivity index (χ0v) is 18.8. The van der Waals surface area contributed by atoms with E-state index in [0.717, 1.165) is 34.9 Å². The minimum absolute atomic E-state index is 0.105. The number of amides is 2. The van der Waals surface area contributed by atoms with Crippen LogP contribution in [0, 0.1) is 5.92 Å². The number of carbonyl (C=O) groups excluding carboxylic acids is 2. The Bertz CT molecular complexity index is 1160. The van der Waals surface area contributed by atoms with Crippen molar-refractivity contribution in [2.24, 2.45) is 5.92 Å². The maximum Gasteiger partial charge on any atom is 0.416 e. The first-order valence-corrected chi connectivity index (χ1v) is 11.4. The van der Waals surface area contributed by atoms with E-state index < -0.39 is 22.9 Å². The van der Waals surface area contributed by atoms with Gasteiger partial charge in [0, 0.05) is 11.3 Å². The number of halogens is 3. The van der Waals surface area contributed by atoms with Crippen LogP contribution >= 0.6 is 11.8 Å². The Hall–Kier alpha value is -3.01. The lowest BCUT2D eigenvalue weighted by molar-refractivity contribution is -0.137. The Morgan fingerprint density at radius 2 is 1.97 bits per heavy atom. The van der Waals surface area contributed by atoms with Gasteiger partial charge in [0.2, 0.25) is 11.8 Å². The fourth-order valence-corrected chi connectivity index (χ4v) is 4.82. The van der Waals surface area contributed by atoms with Crippen molar-refractivity contribution in [2.75, 3.05) is 5.32 Å². The highest BCUT2D eigenvalue weighted by Crippen LogP contribution is 2.40. The molecule has 2 aromatic carbocycles. The van der Waals surface area contributed by atoms with Gasteiger partial charge in [0.05, 0.1) is 33.6 Å². The molecule has 1 aliphatic rings. The van der Waals surface area contributed by atoms with Gasteiger partial charge < -0.3 is 15.6 Å². The molecule has 0 bridgehead atoms. The normalized spacial score (nSPS) is 17.0. The number of fused-ring (bicyclic) bond motifs is 2. The van der Waals surface area contributed by atoms with Crippen LogP contribution in [0.2, 0.25) is 0 Å². The van der Waals surface area contributed by atoms with Crippen LogP contribution in [0.5, 0.6) is 0 Å². The minimum atomic E-state index is -4.50. The first-order valence-electron chi connectivity index (χ1n) is 10.5. The smallest absolute Gasteiger partial charge is 0.346 e. The molecule has 3 aromatic rings. The number of aromatic amines is 1. The van der Waals surface area contributed by atoms with Gasteiger partial charge in [0.1, 0.15) is 5.82 Å². The van der Waals surface area contributed by atoms with Crippen LogP contribution in [0.3, 0.4) is 0 Å². The number of hydrogen-bond donors (Lipinski definition) is 3. The molecule has 10 heteroatoms. The predicted molar refractivity (Wildman–Crippen MR) is 121 cm³/mol. The molecule has 3 N–H and O–H groups in total. The highest BCUT2D eigenvalue weighted by molar-refractivity contribution is 8.01. The molecular formula is C23H23F3N4O2S. The van der Waals surface area contributed by atoms with E-state index in [1.54, 1.807) is 0 Å². The maximum absolute atomic E-state index is 12.9. The van der Waals surface area contributed by atoms with Gasteiger partial charge >= 0.3 is 6.18 Å². The van der Waals surface area contributed by atoms with Crippen LogP contribution < -0.4 is 10.6 Å². The predicted octanol–water partition coefficient (Wildman–Crippen LogP) is 5.29. The van der Waals surface area contributed by atoms with Crippen LogP contribution in [0.25, 0.3) is 11.0 Å². The van der Waals surface area contributed by atoms with Gasteiger partial charge in [-0.1, -0.05) is 26.0 Å². The largest absolute Gasteiger partial charge is 0.416 e. The van der Waals surface area contributed by atoms with Crippen molar-refractivity contribution in [1.82, 2.24) is 15.3 Å². The maximum atomic E-state index is 12.9. The number of imidazole rings is 1. The van der Waals surface area contributed by atoms with Crippen molar-refractivity contribution in [3.63, 3.8) is 0 Å². The SMILES string of the molecule is CC(C)CC(NC(=O)CC1Sc2ccc(C(F)(F)F)cc2NC1=O)c1nc2ccccc2[nH]1. The van der Waals surface area contributed by atoms with E-state index in [1.807, 2.05) is 38.1 Å². The van der Waals surface area contributed by atoms with Crippen molar-refractivity contribution in [2.45, 2.75) is 49.1 Å². The van der Waals surface area contributed by atoms with Gasteiger partial charge in [0.15, 0.2) is 0 Å². The summed E-state index contributed by atoms with van der Waals surface area (Å²) in [7, 11) is 0. The van der Waals surface area contributed by atoms with Crippen LogP contribution in [-0.2, 0) is 15.8 Å². The topological polar surface area (TPSA) is 86.9 Å². The lowest BCUT2D eigenvalue weighted by atomic mass is 10.0. The van der Waals surface area contributed by atoms with Crippen LogP contribution in [-0.4, -0.2) is 27.0 Å². The van der Waals surface area contributed by atoms with E-state index in [-0.39, 0.29) is 30.0 Å². The van der Waals surface area contributed by atoms with Gasteiger partial charge in [0.25, 0.3) is 0 Å². The number of nitrogens with zero attached hydrogens (tertiary/aromatic N) is 1. The molecule has 174 valence electrons. The molecule has 2 amide bonds. The number of aromatic nitrogens is 2. The van der Waals surface area contributed by atoms with E-state index in [4.69, 9.17) is 0 Å². The molecule has 4 rings (SSSR count). The number of thioether (sulfide) groups is 1. The van der Waals surface area contributed by atoms with Crippen LogP contribution in [0.15, 0.2) is 47.4 Å². The second-order valence-corrected chi connectivity index (χ2v) is 9.64. The number of benzene rings is 2. The summed E-state index contributed by atoms with van der Waals surface area (Å²) in [5.41, 5.74) is 0.942. The van der Waals surface area contributed by atoms with E-state index in [2.05, 4.69) is 20.6 Å². The third-order valence-corrected chi connectivity index (χ3v) is 6.55. The van der Waals surface area contributed by atoms with Crippen LogP contribution in [0.1, 0.15) is 44.1 Å². The Kier molecular flexibility index (Phi) is 6.38. The monoisotopic (exact) mass is 476 g/mol. The second kappa shape index (κ2) is 9.09. The third-order valence-electron chi connectivity index (χ3n) is 5.28. The number of nitrogens with one attached hydrogen (secondary N) is 3. The second-order valence-electron chi connectivity index (χ2n) is 8.40. The Morgan fingerprint density at radius 1 is 1.21 bits per heavy atom. The molecule has 0 fully saturated rings. The Labute approximate surface area is 192 Å². The quantitative estimate of drug-likeness (QED) is 0.451. The first-order chi connectivity index (χ1) is 15.6. The zero-order chi connectivity index (χ0) is 23.8. The molecule has 2 unspecified atom stereocenters. The highest BCUT2D eigenvalue weighted by atomic mass is 32.2. The highest BCUT2D eigenvalue weighted by Gasteiger charge is 2.34. The van der Waals surface area contributed by atoms with E-state index in [9.17, 15) is 22.8 Å². The zero-order valence-electron chi connectivity index (χ0n) is 18.0. The van der Waals surface area contributed by atoms with Gasteiger partial charge in [-0.3, -0.25) is 9.59 Å². The summed E-state index contributed by atoms with van der Waals surface area (Å²) >= 11 is 1.09. The number of rotatable bonds is 6. The molecule has 33 heavy (non-hydrogen) atoms. The van der Waals surface area contributed by atoms with E-state index in [1.165, 1.54) is 6.07 Å². The lowest BCUT2D eigenvalue weighted by Gasteiger charge is -2.25. The molecule has 1 aromatic heterocycles. The minimum Gasteiger partial charge on any atom is -0.346 e. The fraction of sp³-hybridized carbons (Fsp3) is 0.348. The first kappa shape index (κ1) is 23.2. The summed E-state index contributed by atoms with van der Waals surface area (Å²) in [5.74, 6) is 0.102. The summed E-state index contributed by atoms with van der Waals surface area (Å²) in [6, 6.07) is 10.4. The average Bonchev–Trinajstić information content (AvgIpc) is 3.17. The molecule has 1 aliphatic heterocycles. The molecule has 0 saturated carbocycles. The molecule has 2 atom stereocenters. The van der Waals surface area contributed by atoms with E-state index in [0.29, 0.717) is 17.1 Å². The number of para-hydroxylation sites is 2. The summed E-state index contributed by atoms with van der Waals surface area (Å²) in [5, 5.41) is 4.73. The summed E-state index contributed by atoms with van der Waals surface area (Å²) in [6.45, 7) is 4.08. The number of hydrogen-bond acceptors (Lipinski definition) is 4. The van der Waals surface area contributed by atoms with Crippen LogP contribution in [0.4, 0.5) is 18.9 Å². The molecule has 6 nitrogen and oxygen atoms in total. The van der Waals surface area contributed by atoms with Crippen molar-refractivity contribution in [1.29, 1.82) is 0 Å². The van der Waals surface area contributed by atoms with Crippen molar-refractivity contribution in [3.8, 4) is 0 Å².